The Hall–Kier alpha value is -2.97. The van der Waals surface area contributed by atoms with Crippen LogP contribution in [0.3, 0.4) is 0 Å². The lowest BCUT2D eigenvalue weighted by atomic mass is 10.1. The molecular formula is C21H16N2O4S2. The van der Waals surface area contributed by atoms with E-state index < -0.39 is 11.9 Å². The first-order valence-corrected chi connectivity index (χ1v) is 10.0. The van der Waals surface area contributed by atoms with Crippen molar-refractivity contribution in [3.63, 3.8) is 0 Å². The van der Waals surface area contributed by atoms with Crippen LogP contribution in [0.5, 0.6) is 0 Å². The number of methoxy groups -OCH3 is 1. The number of thioether (sulfide) groups is 1. The predicted octanol–water partition coefficient (Wildman–Crippen LogP) is 2.98. The van der Waals surface area contributed by atoms with E-state index in [1.165, 1.54) is 12.0 Å². The number of anilines is 1. The maximum atomic E-state index is 13.3. The lowest BCUT2D eigenvalue weighted by Gasteiger charge is -2.17. The molecule has 0 saturated carbocycles. The predicted molar refractivity (Wildman–Crippen MR) is 115 cm³/mol. The van der Waals surface area contributed by atoms with Crippen molar-refractivity contribution in [3.05, 3.63) is 70.6 Å². The summed E-state index contributed by atoms with van der Waals surface area (Å²) in [6.07, 6.45) is 0. The Morgan fingerprint density at radius 3 is 2.41 bits per heavy atom. The summed E-state index contributed by atoms with van der Waals surface area (Å²) in [6, 6.07) is 17.0. The van der Waals surface area contributed by atoms with Gasteiger partial charge in [0, 0.05) is 5.56 Å². The van der Waals surface area contributed by atoms with Crippen molar-refractivity contribution in [1.29, 1.82) is 0 Å². The molecule has 6 nitrogen and oxygen atoms in total. The van der Waals surface area contributed by atoms with Crippen LogP contribution in [-0.4, -0.2) is 40.7 Å². The van der Waals surface area contributed by atoms with Crippen molar-refractivity contribution in [3.8, 4) is 0 Å². The number of carbonyl (C=O) groups excluding carboxylic acids is 3. The van der Waals surface area contributed by atoms with Gasteiger partial charge in [-0.3, -0.25) is 19.3 Å². The SMILES string of the molecule is COC(=O)CN1C(=O)/C(=C2/C(=O)N(Cc3ccccc3)c3ccccc32)SC1=S. The van der Waals surface area contributed by atoms with Crippen LogP contribution < -0.4 is 4.90 Å². The summed E-state index contributed by atoms with van der Waals surface area (Å²) in [5, 5.41) is 0. The van der Waals surface area contributed by atoms with E-state index in [2.05, 4.69) is 4.74 Å². The number of thiocarbonyl (C=S) groups is 1. The highest BCUT2D eigenvalue weighted by Gasteiger charge is 2.42. The van der Waals surface area contributed by atoms with Crippen molar-refractivity contribution < 1.29 is 19.1 Å². The molecule has 2 aromatic rings. The van der Waals surface area contributed by atoms with E-state index in [0.29, 0.717) is 17.7 Å². The Morgan fingerprint density at radius 2 is 1.69 bits per heavy atom. The topological polar surface area (TPSA) is 66.9 Å². The number of para-hydroxylation sites is 1. The molecule has 0 unspecified atom stereocenters. The molecule has 0 bridgehead atoms. The van der Waals surface area contributed by atoms with Gasteiger partial charge in [-0.05, 0) is 11.6 Å². The maximum absolute atomic E-state index is 13.3. The molecule has 2 aromatic carbocycles. The highest BCUT2D eigenvalue weighted by Crippen LogP contribution is 2.44. The van der Waals surface area contributed by atoms with Crippen molar-refractivity contribution in [2.45, 2.75) is 6.54 Å². The number of hydrogen-bond donors (Lipinski definition) is 0. The number of nitrogens with zero attached hydrogens (tertiary/aromatic N) is 2. The molecule has 0 N–H and O–H groups in total. The Bertz CT molecular complexity index is 1070. The minimum absolute atomic E-state index is 0.231. The molecule has 146 valence electrons. The zero-order chi connectivity index (χ0) is 20.5. The molecular weight excluding hydrogens is 408 g/mol. The molecule has 0 aromatic heterocycles. The second kappa shape index (κ2) is 7.81. The third-order valence-corrected chi connectivity index (χ3v) is 6.15. The van der Waals surface area contributed by atoms with Crippen molar-refractivity contribution >= 4 is 57.3 Å². The summed E-state index contributed by atoms with van der Waals surface area (Å²) in [5.41, 5.74) is 2.73. The first-order chi connectivity index (χ1) is 14.0. The summed E-state index contributed by atoms with van der Waals surface area (Å²) in [4.78, 5) is 41.0. The second-order valence-electron chi connectivity index (χ2n) is 6.43. The number of rotatable bonds is 4. The maximum Gasteiger partial charge on any atom is 0.325 e. The highest BCUT2D eigenvalue weighted by molar-refractivity contribution is 8.26. The average molecular weight is 425 g/mol. The Kier molecular flexibility index (Phi) is 5.21. The number of benzene rings is 2. The molecule has 0 radical (unpaired) electrons. The number of fused-ring (bicyclic) bond motifs is 1. The smallest absolute Gasteiger partial charge is 0.325 e. The molecule has 29 heavy (non-hydrogen) atoms. The van der Waals surface area contributed by atoms with E-state index >= 15 is 0 Å². The van der Waals surface area contributed by atoms with Gasteiger partial charge in [-0.2, -0.15) is 0 Å². The molecule has 2 aliphatic rings. The minimum Gasteiger partial charge on any atom is -0.468 e. The summed E-state index contributed by atoms with van der Waals surface area (Å²) < 4.78 is 4.87. The molecule has 0 aliphatic carbocycles. The van der Waals surface area contributed by atoms with Crippen molar-refractivity contribution in [1.82, 2.24) is 4.90 Å². The third-order valence-electron chi connectivity index (χ3n) is 4.70. The average Bonchev–Trinajstić information content (AvgIpc) is 3.16. The van der Waals surface area contributed by atoms with Gasteiger partial charge >= 0.3 is 5.97 Å². The van der Waals surface area contributed by atoms with Crippen LogP contribution in [0.15, 0.2) is 59.5 Å². The summed E-state index contributed by atoms with van der Waals surface area (Å²) >= 11 is 6.31. The van der Waals surface area contributed by atoms with Gasteiger partial charge in [0.15, 0.2) is 0 Å². The van der Waals surface area contributed by atoms with Crippen LogP contribution in [0.2, 0.25) is 0 Å². The van der Waals surface area contributed by atoms with Crippen LogP contribution in [0.1, 0.15) is 11.1 Å². The van der Waals surface area contributed by atoms with E-state index in [1.54, 1.807) is 4.90 Å². The van der Waals surface area contributed by atoms with Crippen LogP contribution in [0, 0.1) is 0 Å². The molecule has 0 atom stereocenters. The molecule has 8 heteroatoms. The van der Waals surface area contributed by atoms with Gasteiger partial charge < -0.3 is 9.64 Å². The minimum atomic E-state index is -0.573. The molecule has 1 fully saturated rings. The van der Waals surface area contributed by atoms with E-state index in [1.807, 2.05) is 54.6 Å². The van der Waals surface area contributed by atoms with Gasteiger partial charge in [0.1, 0.15) is 10.9 Å². The Balaban J connectivity index is 1.74. The van der Waals surface area contributed by atoms with Crippen LogP contribution in [0.4, 0.5) is 5.69 Å². The number of carbonyl (C=O) groups is 3. The van der Waals surface area contributed by atoms with Crippen molar-refractivity contribution in [2.75, 3.05) is 18.6 Å². The fourth-order valence-corrected chi connectivity index (χ4v) is 4.63. The first-order valence-electron chi connectivity index (χ1n) is 8.81. The molecule has 2 amide bonds. The molecule has 4 rings (SSSR count). The number of esters is 1. The van der Waals surface area contributed by atoms with E-state index in [4.69, 9.17) is 12.2 Å². The van der Waals surface area contributed by atoms with E-state index in [0.717, 1.165) is 23.0 Å². The normalized spacial score (nSPS) is 18.4. The van der Waals surface area contributed by atoms with Gasteiger partial charge in [-0.15, -0.1) is 0 Å². The van der Waals surface area contributed by atoms with Gasteiger partial charge in [0.05, 0.1) is 29.8 Å². The highest BCUT2D eigenvalue weighted by atomic mass is 32.2. The van der Waals surface area contributed by atoms with E-state index in [9.17, 15) is 14.4 Å². The summed E-state index contributed by atoms with van der Waals surface area (Å²) in [7, 11) is 1.25. The Morgan fingerprint density at radius 1 is 1.00 bits per heavy atom. The lowest BCUT2D eigenvalue weighted by Crippen LogP contribution is -2.34. The van der Waals surface area contributed by atoms with Gasteiger partial charge in [0.25, 0.3) is 11.8 Å². The summed E-state index contributed by atoms with van der Waals surface area (Å²) in [5.74, 6) is -1.28. The fraction of sp³-hybridized carbons (Fsp3) is 0.143. The number of amides is 2. The molecule has 2 heterocycles. The van der Waals surface area contributed by atoms with Crippen LogP contribution >= 0.6 is 24.0 Å². The second-order valence-corrected chi connectivity index (χ2v) is 8.08. The quantitative estimate of drug-likeness (QED) is 0.427. The standard InChI is InChI=1S/C21H16N2O4S2/c1-27-16(24)12-23-20(26)18(29-21(23)28)17-14-9-5-6-10-15(14)22(19(17)25)11-13-7-3-2-4-8-13/h2-10H,11-12H2,1H3/b18-17-. The molecule has 1 saturated heterocycles. The molecule has 2 aliphatic heterocycles. The van der Waals surface area contributed by atoms with E-state index in [-0.39, 0.29) is 21.7 Å². The lowest BCUT2D eigenvalue weighted by molar-refractivity contribution is -0.143. The van der Waals surface area contributed by atoms with Crippen LogP contribution in [-0.2, 0) is 25.7 Å². The van der Waals surface area contributed by atoms with Gasteiger partial charge in [0.2, 0.25) is 0 Å². The van der Waals surface area contributed by atoms with Crippen molar-refractivity contribution in [2.24, 2.45) is 0 Å². The zero-order valence-corrected chi connectivity index (χ0v) is 17.1. The van der Waals surface area contributed by atoms with Gasteiger partial charge in [-0.25, -0.2) is 0 Å². The van der Waals surface area contributed by atoms with Crippen LogP contribution in [0.25, 0.3) is 5.57 Å². The zero-order valence-electron chi connectivity index (χ0n) is 15.5. The Labute approximate surface area is 177 Å². The number of ether oxygens (including phenoxy) is 1. The first kappa shape index (κ1) is 19.4. The largest absolute Gasteiger partial charge is 0.468 e. The monoisotopic (exact) mass is 424 g/mol. The molecule has 0 spiro atoms. The third kappa shape index (κ3) is 3.45. The fourth-order valence-electron chi connectivity index (χ4n) is 3.30. The number of hydrogen-bond acceptors (Lipinski definition) is 6. The van der Waals surface area contributed by atoms with Gasteiger partial charge in [-0.1, -0.05) is 72.5 Å². The summed E-state index contributed by atoms with van der Waals surface area (Å²) in [6.45, 7) is 0.115.